The quantitative estimate of drug-likeness (QED) is 0.879. The monoisotopic (exact) mass is 272 g/mol. The van der Waals surface area contributed by atoms with Crippen LogP contribution in [0.25, 0.3) is 0 Å². The molecule has 1 heterocycles. The van der Waals surface area contributed by atoms with E-state index in [-0.39, 0.29) is 0 Å². The minimum absolute atomic E-state index is 0.318. The largest absolute Gasteiger partial charge is 0.305 e. The summed E-state index contributed by atoms with van der Waals surface area (Å²) >= 11 is 0. The second-order valence-electron chi connectivity index (χ2n) is 5.79. The molecule has 2 aromatic rings. The lowest BCUT2D eigenvalue weighted by atomic mass is 10.00. The van der Waals surface area contributed by atoms with Crippen LogP contribution in [0.15, 0.2) is 30.5 Å². The smallest absolute Gasteiger partial charge is 0.0738 e. The van der Waals surface area contributed by atoms with E-state index in [2.05, 4.69) is 60.7 Å². The molecule has 1 unspecified atom stereocenters. The Morgan fingerprint density at radius 3 is 2.40 bits per heavy atom. The van der Waals surface area contributed by atoms with Crippen molar-refractivity contribution < 1.29 is 0 Å². The van der Waals surface area contributed by atoms with Crippen LogP contribution < -0.4 is 5.32 Å². The first-order valence-corrected chi connectivity index (χ1v) is 7.22. The molecule has 0 aliphatic heterocycles. The van der Waals surface area contributed by atoms with Crippen molar-refractivity contribution in [2.75, 3.05) is 0 Å². The number of hydrogen-bond donors (Lipinski definition) is 1. The summed E-state index contributed by atoms with van der Waals surface area (Å²) in [5.41, 5.74) is 3.81. The van der Waals surface area contributed by atoms with Crippen molar-refractivity contribution in [3.8, 4) is 0 Å². The third kappa shape index (κ3) is 3.90. The van der Waals surface area contributed by atoms with Gasteiger partial charge in [-0.25, -0.2) is 0 Å². The molecule has 0 spiro atoms. The maximum Gasteiger partial charge on any atom is 0.0738 e. The van der Waals surface area contributed by atoms with Gasteiger partial charge in [-0.1, -0.05) is 43.3 Å². The number of nitrogens with one attached hydrogen (secondary N) is 1. The fraction of sp³-hybridized carbons (Fsp3) is 0.500. The van der Waals surface area contributed by atoms with Crippen LogP contribution >= 0.6 is 0 Å². The van der Waals surface area contributed by atoms with Crippen molar-refractivity contribution in [2.24, 2.45) is 13.0 Å². The van der Waals surface area contributed by atoms with Gasteiger partial charge in [0.15, 0.2) is 0 Å². The van der Waals surface area contributed by atoms with Gasteiger partial charge in [-0.3, -0.25) is 4.68 Å². The molecule has 4 heteroatoms. The molecule has 4 nitrogen and oxygen atoms in total. The lowest BCUT2D eigenvalue weighted by Gasteiger charge is -2.15. The van der Waals surface area contributed by atoms with E-state index >= 15 is 0 Å². The molecule has 0 saturated carbocycles. The first-order chi connectivity index (χ1) is 9.56. The molecule has 0 amide bonds. The Morgan fingerprint density at radius 1 is 1.15 bits per heavy atom. The molecular weight excluding hydrogens is 248 g/mol. The normalized spacial score (nSPS) is 12.8. The van der Waals surface area contributed by atoms with Crippen LogP contribution in [-0.2, 0) is 20.0 Å². The van der Waals surface area contributed by atoms with Crippen LogP contribution in [-0.4, -0.2) is 15.0 Å². The number of rotatable bonds is 6. The molecule has 2 rings (SSSR count). The van der Waals surface area contributed by atoms with Crippen molar-refractivity contribution in [2.45, 2.75) is 39.8 Å². The lowest BCUT2D eigenvalue weighted by Crippen LogP contribution is -2.19. The Balaban J connectivity index is 1.92. The fourth-order valence-electron chi connectivity index (χ4n) is 2.26. The second-order valence-corrected chi connectivity index (χ2v) is 5.79. The minimum Gasteiger partial charge on any atom is -0.305 e. The molecule has 1 aromatic carbocycles. The fourth-order valence-corrected chi connectivity index (χ4v) is 2.26. The summed E-state index contributed by atoms with van der Waals surface area (Å²) in [6.45, 7) is 7.46. The van der Waals surface area contributed by atoms with Gasteiger partial charge in [0.2, 0.25) is 0 Å². The van der Waals surface area contributed by atoms with E-state index in [4.69, 9.17) is 0 Å². The van der Waals surface area contributed by atoms with Crippen LogP contribution in [0.4, 0.5) is 0 Å². The first-order valence-electron chi connectivity index (χ1n) is 7.22. The summed E-state index contributed by atoms with van der Waals surface area (Å²) in [6.07, 6.45) is 2.94. The van der Waals surface area contributed by atoms with E-state index in [0.717, 1.165) is 18.7 Å². The van der Waals surface area contributed by atoms with Gasteiger partial charge in [-0.2, -0.15) is 0 Å². The molecule has 0 radical (unpaired) electrons. The van der Waals surface area contributed by atoms with Crippen molar-refractivity contribution in [3.63, 3.8) is 0 Å². The van der Waals surface area contributed by atoms with Gasteiger partial charge in [0.1, 0.15) is 0 Å². The van der Waals surface area contributed by atoms with E-state index in [0.29, 0.717) is 12.0 Å². The topological polar surface area (TPSA) is 42.7 Å². The number of benzene rings is 1. The maximum absolute atomic E-state index is 3.93. The van der Waals surface area contributed by atoms with E-state index in [9.17, 15) is 0 Å². The molecule has 1 aromatic heterocycles. The van der Waals surface area contributed by atoms with Crippen molar-refractivity contribution in [1.29, 1.82) is 0 Å². The summed E-state index contributed by atoms with van der Waals surface area (Å²) in [6, 6.07) is 9.23. The minimum atomic E-state index is 0.318. The molecule has 20 heavy (non-hydrogen) atoms. The highest BCUT2D eigenvalue weighted by molar-refractivity contribution is 5.25. The summed E-state index contributed by atoms with van der Waals surface area (Å²) in [5.74, 6) is 0.703. The van der Waals surface area contributed by atoms with Gasteiger partial charge in [0.25, 0.3) is 0 Å². The Bertz CT molecular complexity index is 528. The third-order valence-electron chi connectivity index (χ3n) is 3.52. The molecule has 108 valence electrons. The molecule has 0 aliphatic rings. The van der Waals surface area contributed by atoms with Gasteiger partial charge in [-0.05, 0) is 30.4 Å². The molecule has 0 bridgehead atoms. The summed E-state index contributed by atoms with van der Waals surface area (Å²) in [4.78, 5) is 0. The Kier molecular flexibility index (Phi) is 4.90. The van der Waals surface area contributed by atoms with E-state index in [1.54, 1.807) is 10.9 Å². The zero-order valence-electron chi connectivity index (χ0n) is 12.8. The predicted molar refractivity (Wildman–Crippen MR) is 81.2 cm³/mol. The number of aromatic nitrogens is 3. The highest BCUT2D eigenvalue weighted by atomic mass is 15.4. The highest BCUT2D eigenvalue weighted by Crippen LogP contribution is 2.16. The average Bonchev–Trinajstić information content (AvgIpc) is 2.82. The molecule has 0 aliphatic carbocycles. The van der Waals surface area contributed by atoms with Crippen molar-refractivity contribution >= 4 is 0 Å². The molecule has 0 saturated heterocycles. The van der Waals surface area contributed by atoms with Crippen molar-refractivity contribution in [1.82, 2.24) is 20.3 Å². The Morgan fingerprint density at radius 2 is 1.85 bits per heavy atom. The van der Waals surface area contributed by atoms with Crippen LogP contribution in [0.3, 0.4) is 0 Å². The molecule has 1 N–H and O–H groups in total. The lowest BCUT2D eigenvalue weighted by molar-refractivity contribution is 0.546. The van der Waals surface area contributed by atoms with Gasteiger partial charge in [0.05, 0.1) is 11.9 Å². The van der Waals surface area contributed by atoms with Gasteiger partial charge in [-0.15, -0.1) is 5.10 Å². The number of nitrogens with zero attached hydrogens (tertiary/aromatic N) is 3. The van der Waals surface area contributed by atoms with Gasteiger partial charge in [0, 0.05) is 19.6 Å². The van der Waals surface area contributed by atoms with Crippen LogP contribution in [0.2, 0.25) is 0 Å². The summed E-state index contributed by atoms with van der Waals surface area (Å²) in [5, 5.41) is 11.3. The highest BCUT2D eigenvalue weighted by Gasteiger charge is 2.07. The SMILES string of the molecule is CC(C)Cc1ccc(C(C)NCc2cnnn2C)cc1. The number of hydrogen-bond acceptors (Lipinski definition) is 3. The third-order valence-corrected chi connectivity index (χ3v) is 3.52. The van der Waals surface area contributed by atoms with Crippen LogP contribution in [0.1, 0.15) is 43.6 Å². The van der Waals surface area contributed by atoms with E-state index < -0.39 is 0 Å². The summed E-state index contributed by atoms with van der Waals surface area (Å²) in [7, 11) is 1.91. The Hall–Kier alpha value is -1.68. The first kappa shape index (κ1) is 14.7. The van der Waals surface area contributed by atoms with Gasteiger partial charge >= 0.3 is 0 Å². The van der Waals surface area contributed by atoms with E-state index in [1.165, 1.54) is 11.1 Å². The molecular formula is C16H24N4. The van der Waals surface area contributed by atoms with Crippen LogP contribution in [0, 0.1) is 5.92 Å². The van der Waals surface area contributed by atoms with E-state index in [1.807, 2.05) is 7.05 Å². The summed E-state index contributed by atoms with van der Waals surface area (Å²) < 4.78 is 1.80. The second kappa shape index (κ2) is 6.66. The molecule has 0 fully saturated rings. The average molecular weight is 272 g/mol. The zero-order chi connectivity index (χ0) is 14.5. The number of aryl methyl sites for hydroxylation is 1. The predicted octanol–water partition coefficient (Wildman–Crippen LogP) is 2.86. The Labute approximate surface area is 121 Å². The zero-order valence-corrected chi connectivity index (χ0v) is 12.8. The standard InChI is InChI=1S/C16H24N4/c1-12(2)9-14-5-7-15(8-6-14)13(3)17-10-16-11-18-19-20(16)4/h5-8,11-13,17H,9-10H2,1-4H3. The van der Waals surface area contributed by atoms with Crippen LogP contribution in [0.5, 0.6) is 0 Å². The van der Waals surface area contributed by atoms with Gasteiger partial charge < -0.3 is 5.32 Å². The van der Waals surface area contributed by atoms with Crippen molar-refractivity contribution in [3.05, 3.63) is 47.3 Å². The molecule has 1 atom stereocenters. The maximum atomic E-state index is 3.93.